The first-order valence-electron chi connectivity index (χ1n) is 6.77. The van der Waals surface area contributed by atoms with Crippen LogP contribution in [-0.4, -0.2) is 24.3 Å². The van der Waals surface area contributed by atoms with Crippen LogP contribution in [0, 0.1) is 0 Å². The fourth-order valence-electron chi connectivity index (χ4n) is 2.69. The number of pyridine rings is 1. The SMILES string of the molecule is O=S(=O)(c1ccc(Cl)nc1)N1CCCC1c1ccccc1. The second kappa shape index (κ2) is 5.75. The maximum Gasteiger partial charge on any atom is 0.245 e. The molecule has 3 rings (SSSR count). The average molecular weight is 323 g/mol. The summed E-state index contributed by atoms with van der Waals surface area (Å²) in [4.78, 5) is 4.06. The molecule has 0 amide bonds. The van der Waals surface area contributed by atoms with Gasteiger partial charge in [-0.05, 0) is 30.5 Å². The maximum absolute atomic E-state index is 12.8. The first-order valence-corrected chi connectivity index (χ1v) is 8.59. The first-order chi connectivity index (χ1) is 10.1. The van der Waals surface area contributed by atoms with Crippen LogP contribution in [0.25, 0.3) is 0 Å². The number of halogens is 1. The van der Waals surface area contributed by atoms with E-state index in [-0.39, 0.29) is 16.1 Å². The van der Waals surface area contributed by atoms with Crippen molar-refractivity contribution in [2.75, 3.05) is 6.54 Å². The Bertz CT molecular complexity index is 717. The smallest absolute Gasteiger partial charge is 0.243 e. The van der Waals surface area contributed by atoms with Gasteiger partial charge in [0.2, 0.25) is 10.0 Å². The molecule has 0 radical (unpaired) electrons. The Kier molecular flexibility index (Phi) is 3.97. The molecule has 1 aromatic heterocycles. The summed E-state index contributed by atoms with van der Waals surface area (Å²) in [6, 6.07) is 12.6. The number of hydrogen-bond donors (Lipinski definition) is 0. The van der Waals surface area contributed by atoms with Crippen LogP contribution in [0.4, 0.5) is 0 Å². The van der Waals surface area contributed by atoms with E-state index in [0.29, 0.717) is 6.54 Å². The molecular formula is C15H15ClN2O2S. The van der Waals surface area contributed by atoms with Crippen LogP contribution in [0.15, 0.2) is 53.6 Å². The van der Waals surface area contributed by atoms with Crippen LogP contribution in [0.3, 0.4) is 0 Å². The Morgan fingerprint density at radius 2 is 1.90 bits per heavy atom. The van der Waals surface area contributed by atoms with Crippen LogP contribution in [0.1, 0.15) is 24.4 Å². The van der Waals surface area contributed by atoms with Crippen molar-refractivity contribution in [3.8, 4) is 0 Å². The second-order valence-electron chi connectivity index (χ2n) is 5.00. The highest BCUT2D eigenvalue weighted by Gasteiger charge is 2.36. The Morgan fingerprint density at radius 1 is 1.14 bits per heavy atom. The van der Waals surface area contributed by atoms with Gasteiger partial charge >= 0.3 is 0 Å². The summed E-state index contributed by atoms with van der Waals surface area (Å²) in [5.74, 6) is 0. The van der Waals surface area contributed by atoms with Gasteiger partial charge in [0.15, 0.2) is 0 Å². The van der Waals surface area contributed by atoms with Gasteiger partial charge in [0, 0.05) is 12.7 Å². The zero-order valence-electron chi connectivity index (χ0n) is 11.3. The highest BCUT2D eigenvalue weighted by Crippen LogP contribution is 2.36. The molecule has 21 heavy (non-hydrogen) atoms. The van der Waals surface area contributed by atoms with Crippen molar-refractivity contribution in [3.63, 3.8) is 0 Å². The number of sulfonamides is 1. The molecule has 0 aliphatic carbocycles. The van der Waals surface area contributed by atoms with Gasteiger partial charge in [-0.1, -0.05) is 41.9 Å². The molecule has 1 saturated heterocycles. The molecule has 0 spiro atoms. The zero-order chi connectivity index (χ0) is 14.9. The van der Waals surface area contributed by atoms with Crippen molar-refractivity contribution < 1.29 is 8.42 Å². The highest BCUT2D eigenvalue weighted by atomic mass is 35.5. The fraction of sp³-hybridized carbons (Fsp3) is 0.267. The zero-order valence-corrected chi connectivity index (χ0v) is 12.9. The predicted octanol–water partition coefficient (Wildman–Crippen LogP) is 3.26. The first kappa shape index (κ1) is 14.5. The summed E-state index contributed by atoms with van der Waals surface area (Å²) in [6.07, 6.45) is 3.02. The van der Waals surface area contributed by atoms with Gasteiger partial charge < -0.3 is 0 Å². The predicted molar refractivity (Wildman–Crippen MR) is 81.6 cm³/mol. The van der Waals surface area contributed by atoms with Gasteiger partial charge in [0.1, 0.15) is 10.0 Å². The lowest BCUT2D eigenvalue weighted by Gasteiger charge is -2.24. The molecule has 0 saturated carbocycles. The monoisotopic (exact) mass is 322 g/mol. The highest BCUT2D eigenvalue weighted by molar-refractivity contribution is 7.89. The van der Waals surface area contributed by atoms with E-state index in [1.54, 1.807) is 4.31 Å². The number of benzene rings is 1. The van der Waals surface area contributed by atoms with Crippen LogP contribution < -0.4 is 0 Å². The molecule has 2 heterocycles. The van der Waals surface area contributed by atoms with Gasteiger partial charge in [-0.25, -0.2) is 13.4 Å². The molecule has 1 fully saturated rings. The molecule has 1 aliphatic heterocycles. The largest absolute Gasteiger partial charge is 0.245 e. The molecule has 0 bridgehead atoms. The number of rotatable bonds is 3. The minimum atomic E-state index is -3.54. The number of hydrogen-bond acceptors (Lipinski definition) is 3. The lowest BCUT2D eigenvalue weighted by molar-refractivity contribution is 0.396. The van der Waals surface area contributed by atoms with Crippen molar-refractivity contribution in [2.24, 2.45) is 0 Å². The molecule has 110 valence electrons. The summed E-state index contributed by atoms with van der Waals surface area (Å²) in [5, 5.41) is 0.287. The molecule has 2 aromatic rings. The Hall–Kier alpha value is -1.43. The summed E-state index contributed by atoms with van der Waals surface area (Å²) >= 11 is 5.73. The third-order valence-corrected chi connectivity index (χ3v) is 5.81. The normalized spacial score (nSPS) is 19.8. The molecule has 1 aliphatic rings. The lowest BCUT2D eigenvalue weighted by atomic mass is 10.1. The molecule has 6 heteroatoms. The van der Waals surface area contributed by atoms with E-state index in [1.807, 2.05) is 30.3 Å². The molecule has 4 nitrogen and oxygen atoms in total. The van der Waals surface area contributed by atoms with Crippen molar-refractivity contribution >= 4 is 21.6 Å². The van der Waals surface area contributed by atoms with Crippen LogP contribution in [0.2, 0.25) is 5.15 Å². The van der Waals surface area contributed by atoms with E-state index >= 15 is 0 Å². The van der Waals surface area contributed by atoms with E-state index in [9.17, 15) is 8.42 Å². The average Bonchev–Trinajstić information content (AvgIpc) is 2.99. The van der Waals surface area contributed by atoms with E-state index in [1.165, 1.54) is 18.3 Å². The number of nitrogens with zero attached hydrogens (tertiary/aromatic N) is 2. The molecule has 0 N–H and O–H groups in total. The number of aromatic nitrogens is 1. The quantitative estimate of drug-likeness (QED) is 0.815. The minimum Gasteiger partial charge on any atom is -0.243 e. The third-order valence-electron chi connectivity index (χ3n) is 3.69. The van der Waals surface area contributed by atoms with Crippen molar-refractivity contribution in [1.82, 2.24) is 9.29 Å². The van der Waals surface area contributed by atoms with Crippen LogP contribution in [0.5, 0.6) is 0 Å². The van der Waals surface area contributed by atoms with Crippen LogP contribution in [-0.2, 0) is 10.0 Å². The van der Waals surface area contributed by atoms with Crippen molar-refractivity contribution in [1.29, 1.82) is 0 Å². The molecule has 1 unspecified atom stereocenters. The second-order valence-corrected chi connectivity index (χ2v) is 7.28. The maximum atomic E-state index is 12.8. The summed E-state index contributed by atoms with van der Waals surface area (Å²) in [6.45, 7) is 0.532. The minimum absolute atomic E-state index is 0.105. The van der Waals surface area contributed by atoms with Crippen molar-refractivity contribution in [2.45, 2.75) is 23.8 Å². The van der Waals surface area contributed by atoms with E-state index in [0.717, 1.165) is 18.4 Å². The Balaban J connectivity index is 1.96. The van der Waals surface area contributed by atoms with Gasteiger partial charge in [-0.15, -0.1) is 0 Å². The summed E-state index contributed by atoms with van der Waals surface area (Å²) < 4.78 is 27.1. The topological polar surface area (TPSA) is 50.3 Å². The Morgan fingerprint density at radius 3 is 2.57 bits per heavy atom. The molecule has 1 aromatic carbocycles. The lowest BCUT2D eigenvalue weighted by Crippen LogP contribution is -2.30. The van der Waals surface area contributed by atoms with Gasteiger partial charge in [0.05, 0.1) is 6.04 Å². The Labute approximate surface area is 129 Å². The third kappa shape index (κ3) is 2.81. The van der Waals surface area contributed by atoms with E-state index < -0.39 is 10.0 Å². The van der Waals surface area contributed by atoms with Gasteiger partial charge in [-0.3, -0.25) is 0 Å². The fourth-order valence-corrected chi connectivity index (χ4v) is 4.43. The van der Waals surface area contributed by atoms with E-state index in [4.69, 9.17) is 11.6 Å². The molecule has 1 atom stereocenters. The summed E-state index contributed by atoms with van der Waals surface area (Å²) in [5.41, 5.74) is 1.03. The molecular weight excluding hydrogens is 308 g/mol. The standard InChI is InChI=1S/C15H15ClN2O2S/c16-15-9-8-13(11-17-15)21(19,20)18-10-4-7-14(18)12-5-2-1-3-6-12/h1-3,5-6,8-9,11,14H,4,7,10H2. The van der Waals surface area contributed by atoms with Crippen LogP contribution >= 0.6 is 11.6 Å². The van der Waals surface area contributed by atoms with E-state index in [2.05, 4.69) is 4.98 Å². The van der Waals surface area contributed by atoms with Gasteiger partial charge in [0.25, 0.3) is 0 Å². The van der Waals surface area contributed by atoms with Crippen molar-refractivity contribution in [3.05, 3.63) is 59.4 Å². The summed E-state index contributed by atoms with van der Waals surface area (Å²) in [7, 11) is -3.54. The van der Waals surface area contributed by atoms with Gasteiger partial charge in [-0.2, -0.15) is 4.31 Å².